The number of aromatic nitrogens is 2. The molecule has 0 saturated carbocycles. The molecule has 0 spiro atoms. The number of amides is 1. The smallest absolute Gasteiger partial charge is 0.272 e. The number of anilines is 1. The molecule has 1 atom stereocenters. The Morgan fingerprint density at radius 3 is 2.52 bits per heavy atom. The predicted octanol–water partition coefficient (Wildman–Crippen LogP) is 1.56. The maximum absolute atomic E-state index is 12.9. The summed E-state index contributed by atoms with van der Waals surface area (Å²) in [4.78, 5) is 14.1. The SMILES string of the molecule is CCN(c1ccc(C(=O)NCc2ccc(F)cc2)nn1)C1CCS(=O)(=O)C1. The van der Waals surface area contributed by atoms with Crippen LogP contribution in [-0.4, -0.2) is 48.6 Å². The van der Waals surface area contributed by atoms with Gasteiger partial charge in [-0.25, -0.2) is 12.8 Å². The van der Waals surface area contributed by atoms with Crippen molar-refractivity contribution in [3.05, 3.63) is 53.5 Å². The zero-order valence-electron chi connectivity index (χ0n) is 14.9. The monoisotopic (exact) mass is 392 g/mol. The molecule has 1 aliphatic rings. The van der Waals surface area contributed by atoms with Gasteiger partial charge < -0.3 is 10.2 Å². The average Bonchev–Trinajstić information content (AvgIpc) is 3.02. The maximum atomic E-state index is 12.9. The molecule has 1 N–H and O–H groups in total. The third kappa shape index (κ3) is 4.79. The largest absolute Gasteiger partial charge is 0.351 e. The molecule has 144 valence electrons. The highest BCUT2D eigenvalue weighted by molar-refractivity contribution is 7.91. The van der Waals surface area contributed by atoms with Crippen molar-refractivity contribution in [2.24, 2.45) is 0 Å². The van der Waals surface area contributed by atoms with Crippen LogP contribution in [0.15, 0.2) is 36.4 Å². The predicted molar refractivity (Wildman–Crippen MR) is 99.7 cm³/mol. The van der Waals surface area contributed by atoms with Gasteiger partial charge in [-0.05, 0) is 43.2 Å². The van der Waals surface area contributed by atoms with Gasteiger partial charge in [0.15, 0.2) is 21.3 Å². The minimum Gasteiger partial charge on any atom is -0.351 e. The Kier molecular flexibility index (Phi) is 5.69. The van der Waals surface area contributed by atoms with E-state index in [0.29, 0.717) is 18.8 Å². The second-order valence-electron chi connectivity index (χ2n) is 6.43. The van der Waals surface area contributed by atoms with Gasteiger partial charge in [0.25, 0.3) is 5.91 Å². The van der Waals surface area contributed by atoms with Gasteiger partial charge in [0.05, 0.1) is 11.5 Å². The van der Waals surface area contributed by atoms with Crippen molar-refractivity contribution < 1.29 is 17.6 Å². The fourth-order valence-electron chi connectivity index (χ4n) is 3.10. The third-order valence-corrected chi connectivity index (χ3v) is 6.28. The van der Waals surface area contributed by atoms with Crippen LogP contribution in [0.3, 0.4) is 0 Å². The normalized spacial score (nSPS) is 18.2. The Morgan fingerprint density at radius 1 is 1.22 bits per heavy atom. The van der Waals surface area contributed by atoms with Gasteiger partial charge in [0.2, 0.25) is 0 Å². The second kappa shape index (κ2) is 7.99. The van der Waals surface area contributed by atoms with E-state index in [1.807, 2.05) is 11.8 Å². The molecule has 1 unspecified atom stereocenters. The summed E-state index contributed by atoms with van der Waals surface area (Å²) in [5.74, 6) is 0.134. The standard InChI is InChI=1S/C18H21FN4O3S/c1-2-23(15-9-10-27(25,26)12-15)17-8-7-16(21-22-17)18(24)20-11-13-3-5-14(19)6-4-13/h3-8,15H,2,9-12H2,1H3,(H,20,24). The van der Waals surface area contributed by atoms with E-state index in [1.165, 1.54) is 12.1 Å². The van der Waals surface area contributed by atoms with E-state index in [0.717, 1.165) is 5.56 Å². The molecular formula is C18H21FN4O3S. The van der Waals surface area contributed by atoms with Crippen LogP contribution in [0.4, 0.5) is 10.2 Å². The first-order valence-corrected chi connectivity index (χ1v) is 10.5. The first kappa shape index (κ1) is 19.2. The quantitative estimate of drug-likeness (QED) is 0.802. The molecule has 1 amide bonds. The van der Waals surface area contributed by atoms with Gasteiger partial charge in [-0.3, -0.25) is 4.79 Å². The molecule has 7 nitrogen and oxygen atoms in total. The van der Waals surface area contributed by atoms with Crippen LogP contribution >= 0.6 is 0 Å². The molecule has 1 saturated heterocycles. The van der Waals surface area contributed by atoms with Gasteiger partial charge in [0.1, 0.15) is 5.82 Å². The van der Waals surface area contributed by atoms with Crippen molar-refractivity contribution in [2.45, 2.75) is 25.9 Å². The molecule has 27 heavy (non-hydrogen) atoms. The molecule has 3 rings (SSSR count). The summed E-state index contributed by atoms with van der Waals surface area (Å²) in [6, 6.07) is 8.98. The maximum Gasteiger partial charge on any atom is 0.272 e. The van der Waals surface area contributed by atoms with E-state index >= 15 is 0 Å². The number of nitrogens with zero attached hydrogens (tertiary/aromatic N) is 3. The summed E-state index contributed by atoms with van der Waals surface area (Å²) in [6.45, 7) is 2.78. The minimum atomic E-state index is -2.99. The van der Waals surface area contributed by atoms with E-state index in [2.05, 4.69) is 15.5 Å². The summed E-state index contributed by atoms with van der Waals surface area (Å²) < 4.78 is 36.3. The minimum absolute atomic E-state index is 0.114. The number of hydrogen-bond acceptors (Lipinski definition) is 6. The fourth-order valence-corrected chi connectivity index (χ4v) is 4.83. The zero-order chi connectivity index (χ0) is 19.4. The summed E-state index contributed by atoms with van der Waals surface area (Å²) in [6.07, 6.45) is 0.567. The van der Waals surface area contributed by atoms with E-state index in [1.54, 1.807) is 24.3 Å². The second-order valence-corrected chi connectivity index (χ2v) is 8.66. The number of benzene rings is 1. The molecule has 1 fully saturated rings. The van der Waals surface area contributed by atoms with Gasteiger partial charge >= 0.3 is 0 Å². The Labute approximate surface area is 157 Å². The number of hydrogen-bond donors (Lipinski definition) is 1. The lowest BCUT2D eigenvalue weighted by Gasteiger charge is -2.27. The Balaban J connectivity index is 1.63. The van der Waals surface area contributed by atoms with Crippen LogP contribution in [0.1, 0.15) is 29.4 Å². The van der Waals surface area contributed by atoms with Gasteiger partial charge in [-0.2, -0.15) is 0 Å². The molecule has 9 heteroatoms. The number of nitrogens with one attached hydrogen (secondary N) is 1. The van der Waals surface area contributed by atoms with Crippen molar-refractivity contribution in [1.29, 1.82) is 0 Å². The van der Waals surface area contributed by atoms with Gasteiger partial charge in [-0.15, -0.1) is 10.2 Å². The first-order valence-electron chi connectivity index (χ1n) is 8.71. The molecule has 2 heterocycles. The molecule has 1 aromatic carbocycles. The summed E-state index contributed by atoms with van der Waals surface area (Å²) in [5.41, 5.74) is 0.935. The molecule has 1 aliphatic heterocycles. The van der Waals surface area contributed by atoms with E-state index < -0.39 is 9.84 Å². The Bertz CT molecular complexity index is 901. The summed E-state index contributed by atoms with van der Waals surface area (Å²) in [7, 11) is -2.99. The lowest BCUT2D eigenvalue weighted by molar-refractivity contribution is 0.0945. The molecule has 0 bridgehead atoms. The fraction of sp³-hybridized carbons (Fsp3) is 0.389. The van der Waals surface area contributed by atoms with Crippen LogP contribution in [-0.2, 0) is 16.4 Å². The number of carbonyl (C=O) groups excluding carboxylic acids is 1. The van der Waals surface area contributed by atoms with Crippen LogP contribution in [0, 0.1) is 5.82 Å². The molecule has 2 aromatic rings. The van der Waals surface area contributed by atoms with E-state index in [4.69, 9.17) is 0 Å². The molecular weight excluding hydrogens is 371 g/mol. The molecule has 0 aliphatic carbocycles. The number of rotatable bonds is 6. The molecule has 0 radical (unpaired) electrons. The van der Waals surface area contributed by atoms with E-state index in [9.17, 15) is 17.6 Å². The highest BCUT2D eigenvalue weighted by Crippen LogP contribution is 2.22. The average molecular weight is 392 g/mol. The van der Waals surface area contributed by atoms with Crippen LogP contribution in [0.5, 0.6) is 0 Å². The Morgan fingerprint density at radius 2 is 1.96 bits per heavy atom. The van der Waals surface area contributed by atoms with Crippen molar-refractivity contribution in [2.75, 3.05) is 23.0 Å². The third-order valence-electron chi connectivity index (χ3n) is 4.53. The topological polar surface area (TPSA) is 92.3 Å². The lowest BCUT2D eigenvalue weighted by Crippen LogP contribution is -2.37. The van der Waals surface area contributed by atoms with Crippen LogP contribution < -0.4 is 10.2 Å². The first-order chi connectivity index (χ1) is 12.9. The van der Waals surface area contributed by atoms with E-state index in [-0.39, 0.29) is 41.5 Å². The van der Waals surface area contributed by atoms with Crippen molar-refractivity contribution >= 4 is 21.6 Å². The summed E-state index contributed by atoms with van der Waals surface area (Å²) in [5, 5.41) is 10.8. The highest BCUT2D eigenvalue weighted by Gasteiger charge is 2.32. The van der Waals surface area contributed by atoms with Crippen molar-refractivity contribution in [3.63, 3.8) is 0 Å². The van der Waals surface area contributed by atoms with Gasteiger partial charge in [-0.1, -0.05) is 12.1 Å². The lowest BCUT2D eigenvalue weighted by atomic mass is 10.2. The number of carbonyl (C=O) groups is 1. The van der Waals surface area contributed by atoms with Crippen molar-refractivity contribution in [3.8, 4) is 0 Å². The van der Waals surface area contributed by atoms with Crippen LogP contribution in [0.2, 0.25) is 0 Å². The molecule has 1 aromatic heterocycles. The zero-order valence-corrected chi connectivity index (χ0v) is 15.7. The summed E-state index contributed by atoms with van der Waals surface area (Å²) >= 11 is 0. The Hall–Kier alpha value is -2.55. The van der Waals surface area contributed by atoms with Gasteiger partial charge in [0, 0.05) is 19.1 Å². The highest BCUT2D eigenvalue weighted by atomic mass is 32.2. The van der Waals surface area contributed by atoms with Crippen LogP contribution in [0.25, 0.3) is 0 Å². The number of halogens is 1. The van der Waals surface area contributed by atoms with Crippen molar-refractivity contribution in [1.82, 2.24) is 15.5 Å². The number of sulfone groups is 1.